The Morgan fingerprint density at radius 2 is 1.82 bits per heavy atom. The molecule has 150 valence electrons. The van der Waals surface area contributed by atoms with Gasteiger partial charge in [-0.1, -0.05) is 30.3 Å². The predicted molar refractivity (Wildman–Crippen MR) is 114 cm³/mol. The zero-order chi connectivity index (χ0) is 19.2. The molecule has 0 unspecified atom stereocenters. The first-order chi connectivity index (χ1) is 13.8. The summed E-state index contributed by atoms with van der Waals surface area (Å²) in [5.41, 5.74) is 2.69. The molecular formula is C23H33N5. The molecule has 0 amide bonds. The van der Waals surface area contributed by atoms with Crippen LogP contribution in [0.25, 0.3) is 0 Å². The van der Waals surface area contributed by atoms with Gasteiger partial charge in [-0.25, -0.2) is 9.97 Å². The zero-order valence-electron chi connectivity index (χ0n) is 17.1. The second-order valence-corrected chi connectivity index (χ2v) is 8.32. The first-order valence-corrected chi connectivity index (χ1v) is 10.8. The minimum atomic E-state index is 0.670. The third-order valence-electron chi connectivity index (χ3n) is 6.11. The Hall–Kier alpha value is -1.98. The summed E-state index contributed by atoms with van der Waals surface area (Å²) in [4.78, 5) is 14.3. The molecule has 0 radical (unpaired) electrons. The van der Waals surface area contributed by atoms with Crippen LogP contribution in [0.4, 0.5) is 5.95 Å². The lowest BCUT2D eigenvalue weighted by molar-refractivity contribution is 0.123. The number of anilines is 1. The molecule has 5 rings (SSSR count). The third kappa shape index (κ3) is 5.09. The van der Waals surface area contributed by atoms with Gasteiger partial charge >= 0.3 is 0 Å². The molecular weight excluding hydrogens is 346 g/mol. The number of rotatable bonds is 8. The molecule has 5 nitrogen and oxygen atoms in total. The van der Waals surface area contributed by atoms with E-state index >= 15 is 0 Å². The molecule has 2 aromatic rings. The van der Waals surface area contributed by atoms with E-state index in [4.69, 9.17) is 0 Å². The second kappa shape index (κ2) is 9.48. The van der Waals surface area contributed by atoms with Crippen molar-refractivity contribution in [2.75, 3.05) is 38.0 Å². The smallest absolute Gasteiger partial charge is 0.222 e. The Morgan fingerprint density at radius 3 is 2.61 bits per heavy atom. The van der Waals surface area contributed by atoms with Crippen LogP contribution in [0.15, 0.2) is 42.7 Å². The van der Waals surface area contributed by atoms with Gasteiger partial charge in [-0.3, -0.25) is 4.90 Å². The Bertz CT molecular complexity index is 718. The molecule has 0 saturated carbocycles. The number of hydrogen-bond acceptors (Lipinski definition) is 5. The van der Waals surface area contributed by atoms with Crippen LogP contribution in [0.3, 0.4) is 0 Å². The first kappa shape index (κ1) is 19.3. The first-order valence-electron chi connectivity index (χ1n) is 10.8. The molecule has 28 heavy (non-hydrogen) atoms. The highest BCUT2D eigenvalue weighted by Gasteiger charge is 2.34. The summed E-state index contributed by atoms with van der Waals surface area (Å²) in [6, 6.07) is 11.6. The van der Waals surface area contributed by atoms with Gasteiger partial charge in [0.15, 0.2) is 0 Å². The SMILES string of the molecule is CCNc1ncc(CN2C[C@H]3CC[C@@H]2CN(CCCc2ccccc2)C3)cn1. The fraction of sp³-hybridized carbons (Fsp3) is 0.565. The van der Waals surface area contributed by atoms with Crippen molar-refractivity contribution in [3.63, 3.8) is 0 Å². The van der Waals surface area contributed by atoms with Gasteiger partial charge in [-0.2, -0.15) is 0 Å². The summed E-state index contributed by atoms with van der Waals surface area (Å²) in [6.45, 7) is 8.81. The highest BCUT2D eigenvalue weighted by Crippen LogP contribution is 2.29. The molecule has 2 bridgehead atoms. The van der Waals surface area contributed by atoms with Crippen molar-refractivity contribution in [3.05, 3.63) is 53.9 Å². The summed E-state index contributed by atoms with van der Waals surface area (Å²) in [6.07, 6.45) is 9.12. The second-order valence-electron chi connectivity index (χ2n) is 8.32. The lowest BCUT2D eigenvalue weighted by Crippen LogP contribution is -2.43. The summed E-state index contributed by atoms with van der Waals surface area (Å²) in [5, 5.41) is 3.17. The molecule has 3 fully saturated rings. The number of benzene rings is 1. The van der Waals surface area contributed by atoms with E-state index in [1.54, 1.807) is 0 Å². The van der Waals surface area contributed by atoms with Crippen molar-refractivity contribution in [2.45, 2.75) is 45.2 Å². The van der Waals surface area contributed by atoms with Gasteiger partial charge in [0.25, 0.3) is 0 Å². The average molecular weight is 380 g/mol. The van der Waals surface area contributed by atoms with E-state index in [0.717, 1.165) is 25.0 Å². The van der Waals surface area contributed by atoms with Crippen molar-refractivity contribution in [3.8, 4) is 0 Å². The molecule has 1 aromatic carbocycles. The number of hydrogen-bond donors (Lipinski definition) is 1. The minimum absolute atomic E-state index is 0.670. The highest BCUT2D eigenvalue weighted by molar-refractivity contribution is 5.24. The quantitative estimate of drug-likeness (QED) is 0.761. The van der Waals surface area contributed by atoms with Gasteiger partial charge in [-0.15, -0.1) is 0 Å². The molecule has 0 aliphatic carbocycles. The van der Waals surface area contributed by atoms with Crippen LogP contribution in [0.5, 0.6) is 0 Å². The van der Waals surface area contributed by atoms with Crippen LogP contribution in [-0.2, 0) is 13.0 Å². The molecule has 1 N–H and O–H groups in total. The standard InChI is InChI=1S/C23H33N5/c1-2-24-23-25-13-21(14-26-23)17-28-16-20-10-11-22(28)18-27(15-20)12-6-9-19-7-4-3-5-8-19/h3-5,7-8,13-14,20,22H,2,6,9-12,15-18H2,1H3,(H,24,25,26)/t20-,22+/m0/s1. The van der Waals surface area contributed by atoms with E-state index in [0.29, 0.717) is 6.04 Å². The number of aryl methyl sites for hydroxylation is 1. The molecule has 3 saturated heterocycles. The topological polar surface area (TPSA) is 44.3 Å². The van der Waals surface area contributed by atoms with E-state index in [1.165, 1.54) is 63.0 Å². The van der Waals surface area contributed by atoms with E-state index in [9.17, 15) is 0 Å². The fourth-order valence-corrected chi connectivity index (χ4v) is 4.72. The van der Waals surface area contributed by atoms with Gasteiger partial charge < -0.3 is 10.2 Å². The van der Waals surface area contributed by atoms with Crippen LogP contribution in [0, 0.1) is 5.92 Å². The van der Waals surface area contributed by atoms with Crippen LogP contribution in [-0.4, -0.2) is 58.5 Å². The Morgan fingerprint density at radius 1 is 1.00 bits per heavy atom. The molecule has 3 aliphatic heterocycles. The van der Waals surface area contributed by atoms with Crippen LogP contribution in [0.1, 0.15) is 37.3 Å². The fourth-order valence-electron chi connectivity index (χ4n) is 4.72. The summed E-state index contributed by atoms with van der Waals surface area (Å²) in [7, 11) is 0. The molecule has 2 atom stereocenters. The average Bonchev–Trinajstić information content (AvgIpc) is 3.01. The Kier molecular flexibility index (Phi) is 6.55. The maximum Gasteiger partial charge on any atom is 0.222 e. The summed E-state index contributed by atoms with van der Waals surface area (Å²) >= 11 is 0. The highest BCUT2D eigenvalue weighted by atomic mass is 15.3. The van der Waals surface area contributed by atoms with Gasteiger partial charge in [-0.05, 0) is 50.6 Å². The van der Waals surface area contributed by atoms with Gasteiger partial charge in [0.2, 0.25) is 5.95 Å². The molecule has 5 heteroatoms. The van der Waals surface area contributed by atoms with E-state index in [-0.39, 0.29) is 0 Å². The number of piperidine rings is 1. The number of nitrogens with zero attached hydrogens (tertiary/aromatic N) is 4. The summed E-state index contributed by atoms with van der Waals surface area (Å²) < 4.78 is 0. The number of nitrogens with one attached hydrogen (secondary N) is 1. The molecule has 1 aromatic heterocycles. The van der Waals surface area contributed by atoms with Crippen molar-refractivity contribution >= 4 is 5.95 Å². The van der Waals surface area contributed by atoms with Crippen molar-refractivity contribution in [1.82, 2.24) is 19.8 Å². The molecule has 0 spiro atoms. The molecule has 4 heterocycles. The Balaban J connectivity index is 1.30. The monoisotopic (exact) mass is 379 g/mol. The van der Waals surface area contributed by atoms with Crippen molar-refractivity contribution in [1.29, 1.82) is 0 Å². The van der Waals surface area contributed by atoms with Gasteiger partial charge in [0.05, 0.1) is 0 Å². The normalized spacial score (nSPS) is 22.9. The van der Waals surface area contributed by atoms with E-state index in [2.05, 4.69) is 62.3 Å². The Labute approximate surface area is 169 Å². The van der Waals surface area contributed by atoms with Crippen LogP contribution in [0.2, 0.25) is 0 Å². The maximum atomic E-state index is 4.44. The largest absolute Gasteiger partial charge is 0.355 e. The van der Waals surface area contributed by atoms with E-state index in [1.807, 2.05) is 12.4 Å². The van der Waals surface area contributed by atoms with Crippen LogP contribution < -0.4 is 5.32 Å². The molecule has 3 aliphatic rings. The number of aromatic nitrogens is 2. The van der Waals surface area contributed by atoms with E-state index < -0.39 is 0 Å². The van der Waals surface area contributed by atoms with Gasteiger partial charge in [0, 0.05) is 56.7 Å². The van der Waals surface area contributed by atoms with Crippen molar-refractivity contribution in [2.24, 2.45) is 5.92 Å². The lowest BCUT2D eigenvalue weighted by atomic mass is 9.95. The van der Waals surface area contributed by atoms with Gasteiger partial charge in [0.1, 0.15) is 0 Å². The maximum absolute atomic E-state index is 4.44. The van der Waals surface area contributed by atoms with Crippen molar-refractivity contribution < 1.29 is 0 Å². The predicted octanol–water partition coefficient (Wildman–Crippen LogP) is 3.44. The minimum Gasteiger partial charge on any atom is -0.355 e. The number of fused-ring (bicyclic) bond motifs is 4. The summed E-state index contributed by atoms with van der Waals surface area (Å²) in [5.74, 6) is 1.53. The lowest BCUT2D eigenvalue weighted by Gasteiger charge is -2.36. The zero-order valence-corrected chi connectivity index (χ0v) is 17.1. The third-order valence-corrected chi connectivity index (χ3v) is 6.11. The van der Waals surface area contributed by atoms with Crippen LogP contribution >= 0.6 is 0 Å².